The van der Waals surface area contributed by atoms with Crippen molar-refractivity contribution in [3.63, 3.8) is 0 Å². The van der Waals surface area contributed by atoms with Crippen molar-refractivity contribution in [1.82, 2.24) is 0 Å². The van der Waals surface area contributed by atoms with E-state index in [9.17, 15) is 0 Å². The molecule has 0 amide bonds. The summed E-state index contributed by atoms with van der Waals surface area (Å²) in [5, 5.41) is 16.1. The van der Waals surface area contributed by atoms with Gasteiger partial charge in [0.15, 0.2) is 0 Å². The lowest BCUT2D eigenvalue weighted by atomic mass is 10.2. The third-order valence-electron chi connectivity index (χ3n) is 0.744. The first-order valence-electron chi connectivity index (χ1n) is 2.62. The average Bonchev–Trinajstić information content (AvgIpc) is 1.97. The molecule has 2 heteroatoms. The molecule has 0 spiro atoms. The fraction of sp³-hybridized carbons (Fsp3) is 0. The number of hydrogen-bond donors (Lipinski definition) is 0. The van der Waals surface area contributed by atoms with Crippen LogP contribution in [0.1, 0.15) is 0 Å². The summed E-state index contributed by atoms with van der Waals surface area (Å²) in [5.74, 6) is 0. The number of rotatable bonds is 2. The van der Waals surface area contributed by atoms with Crippen molar-refractivity contribution >= 4 is 0 Å². The number of hydrogen-bond acceptors (Lipinski definition) is 2. The van der Waals surface area contributed by atoms with Crippen LogP contribution in [0.4, 0.5) is 0 Å². The molecule has 0 aliphatic heterocycles. The summed E-state index contributed by atoms with van der Waals surface area (Å²) in [6.45, 7) is 3.55. The van der Waals surface area contributed by atoms with E-state index >= 15 is 0 Å². The molecule has 0 aromatic heterocycles. The van der Waals surface area contributed by atoms with Gasteiger partial charge in [-0.25, -0.2) is 0 Å². The molecule has 0 saturated carbocycles. The SMILES string of the molecule is C=C(C=CC#N)C=CC#N. The third-order valence-corrected chi connectivity index (χ3v) is 0.744. The van der Waals surface area contributed by atoms with E-state index in [2.05, 4.69) is 6.58 Å². The predicted molar refractivity (Wildman–Crippen MR) is 38.6 cm³/mol. The first-order valence-corrected chi connectivity index (χ1v) is 2.62. The number of allylic oxidation sites excluding steroid dienone is 5. The summed E-state index contributed by atoms with van der Waals surface area (Å²) in [7, 11) is 0. The van der Waals surface area contributed by atoms with Crippen molar-refractivity contribution < 1.29 is 0 Å². The Hall–Kier alpha value is -1.80. The van der Waals surface area contributed by atoms with E-state index in [1.54, 1.807) is 0 Å². The van der Waals surface area contributed by atoms with Gasteiger partial charge >= 0.3 is 0 Å². The Morgan fingerprint density at radius 3 is 1.80 bits per heavy atom. The van der Waals surface area contributed by atoms with Crippen LogP contribution in [0, 0.1) is 22.7 Å². The third kappa shape index (κ3) is 4.36. The van der Waals surface area contributed by atoms with Gasteiger partial charge in [-0.3, -0.25) is 0 Å². The highest BCUT2D eigenvalue weighted by Crippen LogP contribution is 1.93. The van der Waals surface area contributed by atoms with Gasteiger partial charge in [-0.2, -0.15) is 10.5 Å². The molecule has 48 valence electrons. The minimum absolute atomic E-state index is 0.642. The molecule has 0 unspecified atom stereocenters. The average molecular weight is 130 g/mol. The Labute approximate surface area is 60.0 Å². The summed E-state index contributed by atoms with van der Waals surface area (Å²) in [6, 6.07) is 3.63. The second-order valence-electron chi connectivity index (χ2n) is 1.50. The van der Waals surface area contributed by atoms with Crippen LogP contribution in [0.15, 0.2) is 36.5 Å². The highest BCUT2D eigenvalue weighted by Gasteiger charge is 1.75. The van der Waals surface area contributed by atoms with E-state index in [0.717, 1.165) is 0 Å². The number of nitriles is 2. The van der Waals surface area contributed by atoms with Gasteiger partial charge < -0.3 is 0 Å². The van der Waals surface area contributed by atoms with E-state index in [1.807, 2.05) is 12.1 Å². The van der Waals surface area contributed by atoms with Crippen LogP contribution in [-0.2, 0) is 0 Å². The lowest BCUT2D eigenvalue weighted by Gasteiger charge is -1.80. The molecule has 2 nitrogen and oxygen atoms in total. The van der Waals surface area contributed by atoms with Crippen LogP contribution in [-0.4, -0.2) is 0 Å². The lowest BCUT2D eigenvalue weighted by molar-refractivity contribution is 1.52. The Morgan fingerprint density at radius 1 is 1.10 bits per heavy atom. The van der Waals surface area contributed by atoms with E-state index < -0.39 is 0 Å². The molecule has 0 aliphatic carbocycles. The zero-order valence-electron chi connectivity index (χ0n) is 5.41. The minimum atomic E-state index is 0.642. The maximum Gasteiger partial charge on any atom is 0.0912 e. The monoisotopic (exact) mass is 130 g/mol. The summed E-state index contributed by atoms with van der Waals surface area (Å²) >= 11 is 0. The van der Waals surface area contributed by atoms with Gasteiger partial charge in [0.2, 0.25) is 0 Å². The summed E-state index contributed by atoms with van der Waals surface area (Å²) in [6.07, 6.45) is 5.69. The fourth-order valence-corrected chi connectivity index (χ4v) is 0.344. The van der Waals surface area contributed by atoms with Gasteiger partial charge in [0, 0.05) is 12.2 Å². The van der Waals surface area contributed by atoms with Crippen LogP contribution >= 0.6 is 0 Å². The highest BCUT2D eigenvalue weighted by atomic mass is 14.2. The van der Waals surface area contributed by atoms with Crippen LogP contribution in [0.5, 0.6) is 0 Å². The second-order valence-corrected chi connectivity index (χ2v) is 1.50. The van der Waals surface area contributed by atoms with Gasteiger partial charge in [-0.05, 0) is 17.7 Å². The highest BCUT2D eigenvalue weighted by molar-refractivity contribution is 5.31. The second kappa shape index (κ2) is 5.34. The standard InChI is InChI=1S/C8H6N2/c1-8(4-2-6-9)5-3-7-10/h2-5H,1H2. The van der Waals surface area contributed by atoms with E-state index in [4.69, 9.17) is 10.5 Å². The molecule has 0 aromatic carbocycles. The van der Waals surface area contributed by atoms with Gasteiger partial charge in [0.1, 0.15) is 0 Å². The Bertz CT molecular complexity index is 219. The van der Waals surface area contributed by atoms with Crippen molar-refractivity contribution in [2.24, 2.45) is 0 Å². The molecule has 0 atom stereocenters. The summed E-state index contributed by atoms with van der Waals surface area (Å²) in [5.41, 5.74) is 0.642. The normalized spacial score (nSPS) is 9.40. The molecular formula is C8H6N2. The predicted octanol–water partition coefficient (Wildman–Crippen LogP) is 1.70. The van der Waals surface area contributed by atoms with Crippen LogP contribution in [0.25, 0.3) is 0 Å². The van der Waals surface area contributed by atoms with E-state index in [1.165, 1.54) is 24.3 Å². The first-order chi connectivity index (χ1) is 4.81. The molecular weight excluding hydrogens is 124 g/mol. The molecule has 0 saturated heterocycles. The lowest BCUT2D eigenvalue weighted by Crippen LogP contribution is -1.63. The maximum atomic E-state index is 8.07. The molecule has 10 heavy (non-hydrogen) atoms. The van der Waals surface area contributed by atoms with Gasteiger partial charge in [0.05, 0.1) is 12.1 Å². The zero-order valence-corrected chi connectivity index (χ0v) is 5.41. The topological polar surface area (TPSA) is 47.6 Å². The zero-order chi connectivity index (χ0) is 7.82. The van der Waals surface area contributed by atoms with Gasteiger partial charge in [-0.15, -0.1) is 0 Å². The molecule has 0 aliphatic rings. The van der Waals surface area contributed by atoms with Gasteiger partial charge in [-0.1, -0.05) is 6.58 Å². The van der Waals surface area contributed by atoms with Crippen molar-refractivity contribution in [2.45, 2.75) is 0 Å². The van der Waals surface area contributed by atoms with E-state index in [0.29, 0.717) is 5.57 Å². The number of nitrogens with zero attached hydrogens (tertiary/aromatic N) is 2. The van der Waals surface area contributed by atoms with Crippen molar-refractivity contribution in [1.29, 1.82) is 10.5 Å². The smallest absolute Gasteiger partial charge is 0.0912 e. The fourth-order valence-electron chi connectivity index (χ4n) is 0.344. The van der Waals surface area contributed by atoms with Crippen LogP contribution in [0.3, 0.4) is 0 Å². The summed E-state index contributed by atoms with van der Waals surface area (Å²) in [4.78, 5) is 0. The molecule has 0 rings (SSSR count). The quantitative estimate of drug-likeness (QED) is 0.422. The molecule has 0 bridgehead atoms. The molecule has 0 N–H and O–H groups in total. The van der Waals surface area contributed by atoms with Crippen molar-refractivity contribution in [3.05, 3.63) is 36.5 Å². The van der Waals surface area contributed by atoms with Crippen LogP contribution < -0.4 is 0 Å². The molecule has 0 radical (unpaired) electrons. The Kier molecular flexibility index (Phi) is 4.38. The van der Waals surface area contributed by atoms with Crippen LogP contribution in [0.2, 0.25) is 0 Å². The summed E-state index contributed by atoms with van der Waals surface area (Å²) < 4.78 is 0. The molecule has 0 aromatic rings. The van der Waals surface area contributed by atoms with Crippen molar-refractivity contribution in [3.8, 4) is 12.1 Å². The van der Waals surface area contributed by atoms with Gasteiger partial charge in [0.25, 0.3) is 0 Å². The Balaban J connectivity index is 3.93. The van der Waals surface area contributed by atoms with E-state index in [-0.39, 0.29) is 0 Å². The Morgan fingerprint density at radius 2 is 1.50 bits per heavy atom. The molecule has 0 heterocycles. The minimum Gasteiger partial charge on any atom is -0.193 e. The molecule has 0 fully saturated rings. The first kappa shape index (κ1) is 8.20. The largest absolute Gasteiger partial charge is 0.193 e. The maximum absolute atomic E-state index is 8.07. The van der Waals surface area contributed by atoms with Crippen molar-refractivity contribution in [2.75, 3.05) is 0 Å².